The Morgan fingerprint density at radius 3 is 2.68 bits per heavy atom. The maximum absolute atomic E-state index is 10.8. The van der Waals surface area contributed by atoms with Crippen LogP contribution in [0.4, 0.5) is 0 Å². The second-order valence-corrected chi connectivity index (χ2v) is 5.65. The van der Waals surface area contributed by atoms with Gasteiger partial charge in [0, 0.05) is 13.5 Å². The summed E-state index contributed by atoms with van der Waals surface area (Å²) in [6, 6.07) is 12.7. The largest absolute Gasteiger partial charge is 0.497 e. The predicted molar refractivity (Wildman–Crippen MR) is 91.4 cm³/mol. The Morgan fingerprint density at radius 2 is 1.91 bits per heavy atom. The standard InChI is InChI=1S/C19H25NO2/c1-15(21)20-13-6-4-3-5-8-16-9-7-10-17-11-12-18(22-2)14-19(16)17/h7,9-12,14H,3-6,8,13H2,1-2H3,(H,20,21). The lowest BCUT2D eigenvalue weighted by Crippen LogP contribution is -2.20. The van der Waals surface area contributed by atoms with Crippen LogP contribution in [0.1, 0.15) is 38.2 Å². The number of aryl methyl sites for hydroxylation is 1. The average Bonchev–Trinajstić information content (AvgIpc) is 2.53. The number of amides is 1. The fraction of sp³-hybridized carbons (Fsp3) is 0.421. The van der Waals surface area contributed by atoms with Gasteiger partial charge in [-0.05, 0) is 47.7 Å². The lowest BCUT2D eigenvalue weighted by molar-refractivity contribution is -0.118. The highest BCUT2D eigenvalue weighted by Crippen LogP contribution is 2.25. The molecule has 0 aromatic heterocycles. The number of hydrogen-bond acceptors (Lipinski definition) is 2. The van der Waals surface area contributed by atoms with Crippen LogP contribution < -0.4 is 10.1 Å². The van der Waals surface area contributed by atoms with E-state index < -0.39 is 0 Å². The molecule has 0 atom stereocenters. The van der Waals surface area contributed by atoms with E-state index in [1.165, 1.54) is 29.2 Å². The van der Waals surface area contributed by atoms with E-state index in [4.69, 9.17) is 4.74 Å². The molecule has 1 amide bonds. The Hall–Kier alpha value is -2.03. The summed E-state index contributed by atoms with van der Waals surface area (Å²) in [4.78, 5) is 10.8. The van der Waals surface area contributed by atoms with E-state index in [1.54, 1.807) is 14.0 Å². The Labute approximate surface area is 132 Å². The van der Waals surface area contributed by atoms with E-state index in [0.717, 1.165) is 31.6 Å². The van der Waals surface area contributed by atoms with Gasteiger partial charge in [-0.3, -0.25) is 4.79 Å². The van der Waals surface area contributed by atoms with Crippen molar-refractivity contribution in [3.63, 3.8) is 0 Å². The van der Waals surface area contributed by atoms with Gasteiger partial charge in [0.15, 0.2) is 0 Å². The van der Waals surface area contributed by atoms with Crippen molar-refractivity contribution in [3.05, 3.63) is 42.0 Å². The summed E-state index contributed by atoms with van der Waals surface area (Å²) in [6.07, 6.45) is 5.68. The molecule has 0 saturated heterocycles. The molecule has 0 unspecified atom stereocenters. The minimum Gasteiger partial charge on any atom is -0.497 e. The van der Waals surface area contributed by atoms with E-state index in [-0.39, 0.29) is 5.91 Å². The third-order valence-corrected chi connectivity index (χ3v) is 3.93. The normalized spacial score (nSPS) is 10.6. The highest BCUT2D eigenvalue weighted by Gasteiger charge is 2.03. The Bertz CT molecular complexity index is 622. The van der Waals surface area contributed by atoms with Crippen LogP contribution in [0, 0.1) is 0 Å². The summed E-state index contributed by atoms with van der Waals surface area (Å²) in [7, 11) is 1.71. The molecule has 0 aliphatic heterocycles. The van der Waals surface area contributed by atoms with E-state index in [2.05, 4.69) is 35.6 Å². The third-order valence-electron chi connectivity index (χ3n) is 3.93. The Kier molecular flexibility index (Phi) is 6.26. The summed E-state index contributed by atoms with van der Waals surface area (Å²) >= 11 is 0. The van der Waals surface area contributed by atoms with Crippen molar-refractivity contribution >= 4 is 16.7 Å². The Morgan fingerprint density at radius 1 is 1.09 bits per heavy atom. The molecule has 118 valence electrons. The maximum atomic E-state index is 10.8. The number of carbonyl (C=O) groups is 1. The molecule has 1 N–H and O–H groups in total. The summed E-state index contributed by atoms with van der Waals surface area (Å²) in [5, 5.41) is 5.40. The summed E-state index contributed by atoms with van der Waals surface area (Å²) in [5.41, 5.74) is 1.39. The summed E-state index contributed by atoms with van der Waals surface area (Å²) in [6.45, 7) is 2.36. The van der Waals surface area contributed by atoms with Crippen LogP contribution in [0.2, 0.25) is 0 Å². The van der Waals surface area contributed by atoms with Crippen LogP contribution >= 0.6 is 0 Å². The zero-order valence-corrected chi connectivity index (χ0v) is 13.5. The molecule has 0 spiro atoms. The molecule has 0 bridgehead atoms. The molecular formula is C19H25NO2. The second kappa shape index (κ2) is 8.42. The van der Waals surface area contributed by atoms with Crippen LogP contribution in [0.5, 0.6) is 5.75 Å². The van der Waals surface area contributed by atoms with Gasteiger partial charge < -0.3 is 10.1 Å². The van der Waals surface area contributed by atoms with Gasteiger partial charge in [-0.2, -0.15) is 0 Å². The van der Waals surface area contributed by atoms with Crippen molar-refractivity contribution in [2.24, 2.45) is 0 Å². The average molecular weight is 299 g/mol. The van der Waals surface area contributed by atoms with Gasteiger partial charge in [0.25, 0.3) is 0 Å². The number of methoxy groups -OCH3 is 1. The number of hydrogen-bond donors (Lipinski definition) is 1. The Balaban J connectivity index is 1.85. The topological polar surface area (TPSA) is 38.3 Å². The van der Waals surface area contributed by atoms with Crippen LogP contribution in [0.3, 0.4) is 0 Å². The van der Waals surface area contributed by atoms with Gasteiger partial charge in [-0.15, -0.1) is 0 Å². The van der Waals surface area contributed by atoms with E-state index in [0.29, 0.717) is 0 Å². The number of unbranched alkanes of at least 4 members (excludes halogenated alkanes) is 3. The van der Waals surface area contributed by atoms with Crippen molar-refractivity contribution in [2.45, 2.75) is 39.0 Å². The number of ether oxygens (including phenoxy) is 1. The maximum Gasteiger partial charge on any atom is 0.216 e. The predicted octanol–water partition coefficient (Wildman–Crippen LogP) is 4.09. The zero-order chi connectivity index (χ0) is 15.8. The lowest BCUT2D eigenvalue weighted by Gasteiger charge is -2.08. The molecular weight excluding hydrogens is 274 g/mol. The van der Waals surface area contributed by atoms with Gasteiger partial charge in [0.1, 0.15) is 5.75 Å². The van der Waals surface area contributed by atoms with Gasteiger partial charge in [0.05, 0.1) is 7.11 Å². The summed E-state index contributed by atoms with van der Waals surface area (Å²) in [5.74, 6) is 0.972. The number of rotatable bonds is 8. The lowest BCUT2D eigenvalue weighted by atomic mass is 9.99. The second-order valence-electron chi connectivity index (χ2n) is 5.65. The molecule has 0 radical (unpaired) electrons. The van der Waals surface area contributed by atoms with Crippen LogP contribution in [-0.2, 0) is 11.2 Å². The third kappa shape index (κ3) is 4.76. The van der Waals surface area contributed by atoms with Gasteiger partial charge in [-0.1, -0.05) is 37.1 Å². The molecule has 0 saturated carbocycles. The molecule has 0 fully saturated rings. The first-order valence-corrected chi connectivity index (χ1v) is 8.01. The number of nitrogens with one attached hydrogen (secondary N) is 1. The van der Waals surface area contributed by atoms with Crippen LogP contribution in [0.15, 0.2) is 36.4 Å². The van der Waals surface area contributed by atoms with Crippen molar-refractivity contribution < 1.29 is 9.53 Å². The van der Waals surface area contributed by atoms with Crippen molar-refractivity contribution in [1.29, 1.82) is 0 Å². The van der Waals surface area contributed by atoms with Gasteiger partial charge >= 0.3 is 0 Å². The molecule has 0 aliphatic rings. The molecule has 2 aromatic carbocycles. The molecule has 2 aromatic rings. The molecule has 22 heavy (non-hydrogen) atoms. The fourth-order valence-corrected chi connectivity index (χ4v) is 2.72. The number of benzene rings is 2. The summed E-state index contributed by atoms with van der Waals surface area (Å²) < 4.78 is 5.33. The van der Waals surface area contributed by atoms with Crippen molar-refractivity contribution in [3.8, 4) is 5.75 Å². The first kappa shape index (κ1) is 16.3. The quantitative estimate of drug-likeness (QED) is 0.746. The highest BCUT2D eigenvalue weighted by atomic mass is 16.5. The van der Waals surface area contributed by atoms with Crippen molar-refractivity contribution in [1.82, 2.24) is 5.32 Å². The van der Waals surface area contributed by atoms with Crippen LogP contribution in [0.25, 0.3) is 10.8 Å². The van der Waals surface area contributed by atoms with E-state index >= 15 is 0 Å². The first-order valence-electron chi connectivity index (χ1n) is 8.01. The monoisotopic (exact) mass is 299 g/mol. The molecule has 3 heteroatoms. The zero-order valence-electron chi connectivity index (χ0n) is 13.5. The fourth-order valence-electron chi connectivity index (χ4n) is 2.72. The first-order chi connectivity index (χ1) is 10.7. The van der Waals surface area contributed by atoms with Crippen molar-refractivity contribution in [2.75, 3.05) is 13.7 Å². The van der Waals surface area contributed by atoms with E-state index in [1.807, 2.05) is 6.07 Å². The van der Waals surface area contributed by atoms with Gasteiger partial charge in [0.2, 0.25) is 5.91 Å². The minimum atomic E-state index is 0.0599. The van der Waals surface area contributed by atoms with Gasteiger partial charge in [-0.25, -0.2) is 0 Å². The molecule has 3 nitrogen and oxygen atoms in total. The van der Waals surface area contributed by atoms with E-state index in [9.17, 15) is 4.79 Å². The number of fused-ring (bicyclic) bond motifs is 1. The van der Waals surface area contributed by atoms with Crippen LogP contribution in [-0.4, -0.2) is 19.6 Å². The molecule has 0 heterocycles. The minimum absolute atomic E-state index is 0.0599. The smallest absolute Gasteiger partial charge is 0.216 e. The molecule has 2 rings (SSSR count). The molecule has 0 aliphatic carbocycles. The highest BCUT2D eigenvalue weighted by molar-refractivity contribution is 5.87. The SMILES string of the molecule is COc1ccc2cccc(CCCCCCNC(C)=O)c2c1. The number of carbonyl (C=O) groups excluding carboxylic acids is 1.